The second kappa shape index (κ2) is 8.59. The van der Waals surface area contributed by atoms with E-state index in [1.165, 1.54) is 36.8 Å². The highest BCUT2D eigenvalue weighted by atomic mass is 35.5. The molecule has 0 N–H and O–H groups in total. The van der Waals surface area contributed by atoms with Gasteiger partial charge in [-0.2, -0.15) is 0 Å². The van der Waals surface area contributed by atoms with Crippen molar-refractivity contribution in [3.8, 4) is 5.75 Å². The molecule has 1 aromatic carbocycles. The third kappa shape index (κ3) is 4.76. The van der Waals surface area contributed by atoms with E-state index in [1.54, 1.807) is 0 Å². The third-order valence-electron chi connectivity index (χ3n) is 4.66. The molecule has 3 rings (SSSR count). The molecule has 0 spiro atoms. The fraction of sp³-hybridized carbons (Fsp3) is 0.579. The Morgan fingerprint density at radius 2 is 2.05 bits per heavy atom. The smallest absolute Gasteiger partial charge is 0.122 e. The van der Waals surface area contributed by atoms with Gasteiger partial charge in [0.1, 0.15) is 5.75 Å². The Morgan fingerprint density at radius 3 is 2.86 bits per heavy atom. The van der Waals surface area contributed by atoms with Gasteiger partial charge in [0.25, 0.3) is 0 Å². The molecule has 1 aliphatic heterocycles. The van der Waals surface area contributed by atoms with Crippen LogP contribution in [0.3, 0.4) is 0 Å². The summed E-state index contributed by atoms with van der Waals surface area (Å²) in [6.45, 7) is 2.90. The van der Waals surface area contributed by atoms with Gasteiger partial charge in [-0.05, 0) is 55.8 Å². The first-order chi connectivity index (χ1) is 10.3. The monoisotopic (exact) mass is 321 g/mol. The van der Waals surface area contributed by atoms with Crippen molar-refractivity contribution in [2.24, 2.45) is 5.92 Å². The molecular formula is C19H28ClNO. The van der Waals surface area contributed by atoms with E-state index < -0.39 is 0 Å². The molecule has 22 heavy (non-hydrogen) atoms. The normalized spacial score (nSPS) is 18.3. The highest BCUT2D eigenvalue weighted by Crippen LogP contribution is 2.27. The van der Waals surface area contributed by atoms with E-state index in [-0.39, 0.29) is 12.4 Å². The van der Waals surface area contributed by atoms with E-state index in [1.807, 2.05) is 0 Å². The molecule has 1 aromatic rings. The Kier molecular flexibility index (Phi) is 6.78. The zero-order chi connectivity index (χ0) is 14.5. The van der Waals surface area contributed by atoms with Gasteiger partial charge in [0.2, 0.25) is 0 Å². The first-order valence-electron chi connectivity index (χ1n) is 8.41. The zero-order valence-corrected chi connectivity index (χ0v) is 14.4. The van der Waals surface area contributed by atoms with Gasteiger partial charge in [-0.3, -0.25) is 4.90 Å². The molecule has 2 nitrogen and oxygen atoms in total. The number of allylic oxidation sites excluding steroid dienone is 1. The lowest BCUT2D eigenvalue weighted by Gasteiger charge is -2.20. The summed E-state index contributed by atoms with van der Waals surface area (Å²) >= 11 is 0. The number of hydrogen-bond donors (Lipinski definition) is 0. The van der Waals surface area contributed by atoms with E-state index in [2.05, 4.69) is 42.3 Å². The van der Waals surface area contributed by atoms with Crippen LogP contribution < -0.4 is 4.74 Å². The van der Waals surface area contributed by atoms with Crippen molar-refractivity contribution in [3.05, 3.63) is 41.5 Å². The Labute approximate surface area is 141 Å². The van der Waals surface area contributed by atoms with E-state index in [9.17, 15) is 0 Å². The topological polar surface area (TPSA) is 12.5 Å². The van der Waals surface area contributed by atoms with Crippen molar-refractivity contribution in [2.45, 2.75) is 45.1 Å². The minimum Gasteiger partial charge on any atom is -0.493 e. The molecule has 1 aliphatic carbocycles. The molecule has 0 radical (unpaired) electrons. The molecule has 0 amide bonds. The third-order valence-corrected chi connectivity index (χ3v) is 4.66. The summed E-state index contributed by atoms with van der Waals surface area (Å²) in [4.78, 5) is 2.37. The van der Waals surface area contributed by atoms with Crippen LogP contribution in [0.25, 0.3) is 0 Å². The highest BCUT2D eigenvalue weighted by Gasteiger charge is 2.12. The molecule has 0 atom stereocenters. The molecule has 0 aromatic heterocycles. The number of benzene rings is 1. The van der Waals surface area contributed by atoms with Crippen molar-refractivity contribution >= 4 is 12.4 Å². The first kappa shape index (κ1) is 17.4. The Balaban J connectivity index is 0.00000176. The summed E-state index contributed by atoms with van der Waals surface area (Å²) in [7, 11) is 2.19. The van der Waals surface area contributed by atoms with Crippen LogP contribution in [0.5, 0.6) is 5.75 Å². The maximum absolute atomic E-state index is 5.76. The van der Waals surface area contributed by atoms with Crippen LogP contribution in [-0.4, -0.2) is 25.1 Å². The molecule has 0 bridgehead atoms. The quantitative estimate of drug-likeness (QED) is 0.734. The number of hydrogen-bond acceptors (Lipinski definition) is 2. The van der Waals surface area contributed by atoms with E-state index in [0.717, 1.165) is 44.2 Å². The standard InChI is InChI=1S/C19H27NO.ClH/c1-20(12-4-8-16-6-2-3-7-16)15-17-10-11-18-9-5-13-21-19(18)14-17;/h4,8,10-11,14,16H,2-3,5-7,9,12-13,15H2,1H3;1H/b8-4+;. The molecule has 2 aliphatic rings. The van der Waals surface area contributed by atoms with Gasteiger partial charge in [-0.15, -0.1) is 12.4 Å². The molecular weight excluding hydrogens is 294 g/mol. The number of aryl methyl sites for hydroxylation is 1. The van der Waals surface area contributed by atoms with Gasteiger partial charge in [0, 0.05) is 13.1 Å². The van der Waals surface area contributed by atoms with Gasteiger partial charge >= 0.3 is 0 Å². The summed E-state index contributed by atoms with van der Waals surface area (Å²) in [5.74, 6) is 1.95. The van der Waals surface area contributed by atoms with Crippen LogP contribution in [0.4, 0.5) is 0 Å². The number of nitrogens with zero attached hydrogens (tertiary/aromatic N) is 1. The van der Waals surface area contributed by atoms with Crippen molar-refractivity contribution in [1.82, 2.24) is 4.90 Å². The Bertz CT molecular complexity index is 494. The van der Waals surface area contributed by atoms with Gasteiger partial charge < -0.3 is 4.74 Å². The minimum absolute atomic E-state index is 0. The van der Waals surface area contributed by atoms with Crippen LogP contribution >= 0.6 is 12.4 Å². The number of ether oxygens (including phenoxy) is 1. The summed E-state index contributed by atoms with van der Waals surface area (Å²) in [6.07, 6.45) is 12.7. The number of likely N-dealkylation sites (N-methyl/N-ethyl adjacent to an activating group) is 1. The van der Waals surface area contributed by atoms with Gasteiger partial charge in [-0.1, -0.05) is 37.1 Å². The fourth-order valence-electron chi connectivity index (χ4n) is 3.44. The lowest BCUT2D eigenvalue weighted by molar-refractivity contribution is 0.287. The molecule has 1 fully saturated rings. The first-order valence-corrected chi connectivity index (χ1v) is 8.41. The summed E-state index contributed by atoms with van der Waals surface area (Å²) < 4.78 is 5.76. The average molecular weight is 322 g/mol. The van der Waals surface area contributed by atoms with E-state index in [4.69, 9.17) is 4.74 Å². The van der Waals surface area contributed by atoms with E-state index >= 15 is 0 Å². The predicted molar refractivity (Wildman–Crippen MR) is 94.9 cm³/mol. The Morgan fingerprint density at radius 1 is 1.23 bits per heavy atom. The van der Waals surface area contributed by atoms with Gasteiger partial charge in [-0.25, -0.2) is 0 Å². The number of halogens is 1. The summed E-state index contributed by atoms with van der Waals surface area (Å²) in [5.41, 5.74) is 2.72. The highest BCUT2D eigenvalue weighted by molar-refractivity contribution is 5.85. The van der Waals surface area contributed by atoms with Crippen LogP contribution in [0.2, 0.25) is 0 Å². The maximum atomic E-state index is 5.76. The molecule has 122 valence electrons. The average Bonchev–Trinajstić information content (AvgIpc) is 3.00. The largest absolute Gasteiger partial charge is 0.493 e. The molecule has 0 unspecified atom stereocenters. The van der Waals surface area contributed by atoms with Crippen molar-refractivity contribution in [3.63, 3.8) is 0 Å². The maximum Gasteiger partial charge on any atom is 0.122 e. The second-order valence-electron chi connectivity index (χ2n) is 6.56. The van der Waals surface area contributed by atoms with Crippen LogP contribution in [0.15, 0.2) is 30.4 Å². The SMILES string of the molecule is CN(C/C=C/C1CCCC1)Cc1ccc2c(c1)OCCC2.Cl. The second-order valence-corrected chi connectivity index (χ2v) is 6.56. The molecule has 3 heteroatoms. The summed E-state index contributed by atoms with van der Waals surface area (Å²) in [5, 5.41) is 0. The Hall–Kier alpha value is -0.990. The lowest BCUT2D eigenvalue weighted by Crippen LogP contribution is -2.18. The molecule has 1 heterocycles. The van der Waals surface area contributed by atoms with Crippen LogP contribution in [0, 0.1) is 5.92 Å². The van der Waals surface area contributed by atoms with Crippen molar-refractivity contribution < 1.29 is 4.74 Å². The van der Waals surface area contributed by atoms with Gasteiger partial charge in [0.05, 0.1) is 6.61 Å². The number of fused-ring (bicyclic) bond motifs is 1. The van der Waals surface area contributed by atoms with E-state index in [0.29, 0.717) is 0 Å². The van der Waals surface area contributed by atoms with Crippen LogP contribution in [-0.2, 0) is 13.0 Å². The summed E-state index contributed by atoms with van der Waals surface area (Å²) in [6, 6.07) is 6.72. The number of rotatable bonds is 5. The van der Waals surface area contributed by atoms with Crippen molar-refractivity contribution in [2.75, 3.05) is 20.2 Å². The fourth-order valence-corrected chi connectivity index (χ4v) is 3.44. The predicted octanol–water partition coefficient (Wildman–Crippen LogP) is 4.61. The van der Waals surface area contributed by atoms with Gasteiger partial charge in [0.15, 0.2) is 0 Å². The lowest BCUT2D eigenvalue weighted by atomic mass is 10.0. The zero-order valence-electron chi connectivity index (χ0n) is 13.6. The van der Waals surface area contributed by atoms with Crippen LogP contribution in [0.1, 0.15) is 43.2 Å². The minimum atomic E-state index is 0. The molecule has 1 saturated carbocycles. The van der Waals surface area contributed by atoms with Crippen molar-refractivity contribution in [1.29, 1.82) is 0 Å². The molecule has 0 saturated heterocycles.